The highest BCUT2D eigenvalue weighted by Gasteiger charge is 2.19. The van der Waals surface area contributed by atoms with Gasteiger partial charge in [0.15, 0.2) is 0 Å². The molecule has 0 spiro atoms. The largest absolute Gasteiger partial charge is 0.314 e. The lowest BCUT2D eigenvalue weighted by Crippen LogP contribution is -2.16. The van der Waals surface area contributed by atoms with Gasteiger partial charge in [-0.1, -0.05) is 147 Å². The van der Waals surface area contributed by atoms with Crippen molar-refractivity contribution >= 4 is 45.3 Å². The van der Waals surface area contributed by atoms with Crippen LogP contribution in [0, 0.1) is 13.8 Å². The molecule has 0 amide bonds. The molecule has 0 heterocycles. The Balaban J connectivity index is 1.39. The Bertz CT molecular complexity index is 2170. The molecule has 240 valence electrons. The van der Waals surface area contributed by atoms with E-state index < -0.39 is 0 Å². The molecule has 0 aliphatic rings. The lowest BCUT2D eigenvalue weighted by Gasteiger charge is -2.29. The second kappa shape index (κ2) is 15.2. The zero-order chi connectivity index (χ0) is 34.2. The summed E-state index contributed by atoms with van der Waals surface area (Å²) in [6.07, 6.45) is 13.8. The molecule has 6 aromatic carbocycles. The molecule has 0 aliphatic carbocycles. The molecule has 0 bridgehead atoms. The molecule has 0 N–H and O–H groups in total. The van der Waals surface area contributed by atoms with Crippen molar-refractivity contribution < 1.29 is 0 Å². The minimum absolute atomic E-state index is 1.09. The van der Waals surface area contributed by atoms with Crippen molar-refractivity contribution in [2.24, 2.45) is 0 Å². The molecule has 0 unspecified atom stereocenters. The first-order chi connectivity index (χ1) is 24.0. The maximum atomic E-state index is 3.88. The van der Waals surface area contributed by atoms with Gasteiger partial charge in [-0.15, -0.1) is 0 Å². The van der Waals surface area contributed by atoms with E-state index in [1.807, 2.05) is 24.3 Å². The highest BCUT2D eigenvalue weighted by Crippen LogP contribution is 2.42. The lowest BCUT2D eigenvalue weighted by atomic mass is 10.0. The molecule has 0 saturated heterocycles. The molecule has 6 rings (SSSR count). The Morgan fingerprint density at radius 1 is 0.531 bits per heavy atom. The Kier molecular flexibility index (Phi) is 10.2. The zero-order valence-corrected chi connectivity index (χ0v) is 28.6. The predicted molar refractivity (Wildman–Crippen MR) is 214 cm³/mol. The number of benzene rings is 6. The van der Waals surface area contributed by atoms with Crippen LogP contribution < -0.4 is 9.80 Å². The molecule has 2 heteroatoms. The van der Waals surface area contributed by atoms with E-state index in [0.29, 0.717) is 0 Å². The van der Waals surface area contributed by atoms with Crippen LogP contribution in [-0.2, 0) is 0 Å². The van der Waals surface area contributed by atoms with Gasteiger partial charge in [0.25, 0.3) is 0 Å². The quantitative estimate of drug-likeness (QED) is 0.131. The smallest absolute Gasteiger partial charge is 0.0569 e. The number of nitrogens with zero attached hydrogens (tertiary/aromatic N) is 2. The zero-order valence-electron chi connectivity index (χ0n) is 28.6. The Labute approximate surface area is 291 Å². The number of aryl methyl sites for hydroxylation is 2. The van der Waals surface area contributed by atoms with Gasteiger partial charge < -0.3 is 9.80 Å². The predicted octanol–water partition coefficient (Wildman–Crippen LogP) is 13.6. The highest BCUT2D eigenvalue weighted by atomic mass is 15.2. The van der Waals surface area contributed by atoms with Crippen LogP contribution in [0.3, 0.4) is 0 Å². The summed E-state index contributed by atoms with van der Waals surface area (Å²) in [7, 11) is 0. The van der Waals surface area contributed by atoms with Crippen molar-refractivity contribution in [3.63, 3.8) is 0 Å². The van der Waals surface area contributed by atoms with Crippen molar-refractivity contribution in [3.8, 4) is 11.1 Å². The number of anilines is 5. The first-order valence-corrected chi connectivity index (χ1v) is 16.7. The fraction of sp³-hybridized carbons (Fsp3) is 0.0638. The van der Waals surface area contributed by atoms with Gasteiger partial charge in [0.05, 0.1) is 11.4 Å². The van der Waals surface area contributed by atoms with E-state index in [0.717, 1.165) is 45.1 Å². The highest BCUT2D eigenvalue weighted by molar-refractivity contribution is 6.00. The molecule has 6 aromatic rings. The van der Waals surface area contributed by atoms with Crippen molar-refractivity contribution in [1.29, 1.82) is 0 Å². The summed E-state index contributed by atoms with van der Waals surface area (Å²) in [5, 5.41) is 2.46. The number of fused-ring (bicyclic) bond motifs is 1. The van der Waals surface area contributed by atoms with Gasteiger partial charge in [-0.2, -0.15) is 0 Å². The first kappa shape index (κ1) is 32.8. The van der Waals surface area contributed by atoms with Gasteiger partial charge in [0, 0.05) is 28.1 Å². The number of hydrogen-bond donors (Lipinski definition) is 0. The van der Waals surface area contributed by atoms with E-state index >= 15 is 0 Å². The fourth-order valence-corrected chi connectivity index (χ4v) is 6.40. The van der Waals surface area contributed by atoms with Crippen LogP contribution in [0.1, 0.15) is 23.6 Å². The summed E-state index contributed by atoms with van der Waals surface area (Å²) in [6, 6.07) is 47.8. The number of hydrogen-bond acceptors (Lipinski definition) is 2. The molecule has 0 saturated carbocycles. The average Bonchev–Trinajstić information content (AvgIpc) is 3.14. The van der Waals surface area contributed by atoms with Crippen LogP contribution in [0.4, 0.5) is 28.4 Å². The number of rotatable bonds is 11. The van der Waals surface area contributed by atoms with Crippen LogP contribution in [0.2, 0.25) is 0 Å². The average molecular weight is 635 g/mol. The van der Waals surface area contributed by atoms with Crippen molar-refractivity contribution in [1.82, 2.24) is 0 Å². The van der Waals surface area contributed by atoms with Gasteiger partial charge >= 0.3 is 0 Å². The minimum Gasteiger partial charge on any atom is -0.314 e. The molecule has 0 atom stereocenters. The van der Waals surface area contributed by atoms with E-state index in [2.05, 4.69) is 189 Å². The number of allylic oxidation sites excluding steroid dienone is 7. The molecule has 0 radical (unpaired) electrons. The summed E-state index contributed by atoms with van der Waals surface area (Å²) in [5.41, 5.74) is 12.6. The van der Waals surface area contributed by atoms with E-state index in [-0.39, 0.29) is 0 Å². The van der Waals surface area contributed by atoms with E-state index in [4.69, 9.17) is 0 Å². The van der Waals surface area contributed by atoms with Crippen molar-refractivity contribution in [3.05, 3.63) is 205 Å². The van der Waals surface area contributed by atoms with Crippen LogP contribution in [0.25, 0.3) is 28.0 Å². The monoisotopic (exact) mass is 634 g/mol. The molecular formula is C47H42N2. The third kappa shape index (κ3) is 7.10. The normalized spacial score (nSPS) is 11.7. The Hall–Kier alpha value is -6.12. The van der Waals surface area contributed by atoms with Gasteiger partial charge in [-0.25, -0.2) is 0 Å². The molecule has 2 nitrogen and oxygen atoms in total. The van der Waals surface area contributed by atoms with Gasteiger partial charge in [-0.05, 0) is 96.4 Å². The van der Waals surface area contributed by atoms with E-state index in [1.54, 1.807) is 6.08 Å². The maximum absolute atomic E-state index is 3.88. The van der Waals surface area contributed by atoms with Crippen LogP contribution >= 0.6 is 0 Å². The first-order valence-electron chi connectivity index (χ1n) is 16.7. The topological polar surface area (TPSA) is 6.48 Å². The summed E-state index contributed by atoms with van der Waals surface area (Å²) in [4.78, 5) is 4.70. The summed E-state index contributed by atoms with van der Waals surface area (Å²) in [6.45, 7) is 14.2. The van der Waals surface area contributed by atoms with Crippen LogP contribution in [-0.4, -0.2) is 0 Å². The second-order valence-corrected chi connectivity index (χ2v) is 12.1. The second-order valence-electron chi connectivity index (χ2n) is 12.1. The summed E-state index contributed by atoms with van der Waals surface area (Å²) < 4.78 is 0. The molecule has 0 aliphatic heterocycles. The molecular weight excluding hydrogens is 593 g/mol. The molecule has 0 fully saturated rings. The van der Waals surface area contributed by atoms with E-state index in [9.17, 15) is 0 Å². The summed E-state index contributed by atoms with van der Waals surface area (Å²) in [5.74, 6) is 0. The van der Waals surface area contributed by atoms with Crippen LogP contribution in [0.5, 0.6) is 0 Å². The molecule has 0 aromatic heterocycles. The minimum atomic E-state index is 1.09. The van der Waals surface area contributed by atoms with Gasteiger partial charge in [0.1, 0.15) is 0 Å². The lowest BCUT2D eigenvalue weighted by molar-refractivity contribution is 1.14. The summed E-state index contributed by atoms with van der Waals surface area (Å²) >= 11 is 0. The SMILES string of the molecule is C=C/C=C\C=C(/C)N(c1ccc(-c2ccc(N(c3ccccc3)c3c(C)ccc4ccccc34)cc2)cc1)c1c(C)cccc1/C=C\C=C. The van der Waals surface area contributed by atoms with Crippen molar-refractivity contribution in [2.75, 3.05) is 9.80 Å². The third-order valence-electron chi connectivity index (χ3n) is 8.77. The van der Waals surface area contributed by atoms with E-state index in [1.165, 1.54) is 27.6 Å². The standard InChI is InChI=1S/C47H42N2/c1-6-8-11-18-37(5)48(46-35(3)17-16-21-41(46)19-9-7-2)43-31-27-38(28-32-43)39-29-33-44(34-30-39)49(42-22-12-10-13-23-42)47-36(4)25-26-40-20-14-15-24-45(40)47/h6-34H,1-2H2,3-5H3/b11-8-,19-9-,37-18+. The number of para-hydroxylation sites is 2. The molecule has 49 heavy (non-hydrogen) atoms. The Morgan fingerprint density at radius 3 is 1.84 bits per heavy atom. The van der Waals surface area contributed by atoms with Gasteiger partial charge in [0.2, 0.25) is 0 Å². The van der Waals surface area contributed by atoms with Crippen LogP contribution in [0.15, 0.2) is 189 Å². The maximum Gasteiger partial charge on any atom is 0.0569 e. The third-order valence-corrected chi connectivity index (χ3v) is 8.77. The fourth-order valence-electron chi connectivity index (χ4n) is 6.40. The van der Waals surface area contributed by atoms with Crippen molar-refractivity contribution in [2.45, 2.75) is 20.8 Å². The Morgan fingerprint density at radius 2 is 1.14 bits per heavy atom. The van der Waals surface area contributed by atoms with Gasteiger partial charge in [-0.3, -0.25) is 0 Å².